The van der Waals surface area contributed by atoms with Crippen LogP contribution in [0.15, 0.2) is 73.1 Å². The molecule has 1 atom stereocenters. The lowest BCUT2D eigenvalue weighted by Gasteiger charge is -2.25. The Bertz CT molecular complexity index is 1100. The number of benzene rings is 1. The van der Waals surface area contributed by atoms with Gasteiger partial charge in [0.25, 0.3) is 11.7 Å². The number of aliphatic hydroxyl groups excluding tert-OH is 1. The van der Waals surface area contributed by atoms with Crippen molar-refractivity contribution in [3.63, 3.8) is 0 Å². The number of hydrogen-bond donors (Lipinski definition) is 1. The van der Waals surface area contributed by atoms with E-state index in [0.29, 0.717) is 18.5 Å². The van der Waals surface area contributed by atoms with Gasteiger partial charge in [0, 0.05) is 49.0 Å². The molecule has 2 aromatic heterocycles. The average Bonchev–Trinajstić information content (AvgIpc) is 3.37. The van der Waals surface area contributed by atoms with E-state index in [1.54, 1.807) is 24.8 Å². The first kappa shape index (κ1) is 19.5. The van der Waals surface area contributed by atoms with E-state index in [-0.39, 0.29) is 23.4 Å². The summed E-state index contributed by atoms with van der Waals surface area (Å²) in [7, 11) is 0. The number of halogens is 1. The number of pyridine rings is 1. The van der Waals surface area contributed by atoms with Crippen LogP contribution in [0.4, 0.5) is 4.39 Å². The van der Waals surface area contributed by atoms with Crippen molar-refractivity contribution in [3.8, 4) is 0 Å². The number of aliphatic hydroxyl groups is 1. The van der Waals surface area contributed by atoms with Gasteiger partial charge in [-0.05, 0) is 24.6 Å². The Balaban J connectivity index is 1.74. The van der Waals surface area contributed by atoms with Gasteiger partial charge in [0.15, 0.2) is 0 Å². The quantitative estimate of drug-likeness (QED) is 0.386. The number of amides is 1. The lowest BCUT2D eigenvalue weighted by Crippen LogP contribution is -2.31. The highest BCUT2D eigenvalue weighted by molar-refractivity contribution is 6.46. The van der Waals surface area contributed by atoms with E-state index in [1.165, 1.54) is 47.6 Å². The Kier molecular flexibility index (Phi) is 5.38. The summed E-state index contributed by atoms with van der Waals surface area (Å²) in [5.41, 5.74) is 0.372. The molecule has 3 heterocycles. The molecular weight excluding hydrogens is 387 g/mol. The second-order valence-corrected chi connectivity index (χ2v) is 6.90. The lowest BCUT2D eigenvalue weighted by molar-refractivity contribution is -0.140. The molecule has 1 amide bonds. The first-order valence-electron chi connectivity index (χ1n) is 9.47. The van der Waals surface area contributed by atoms with Crippen molar-refractivity contribution in [1.29, 1.82) is 0 Å². The highest BCUT2D eigenvalue weighted by Crippen LogP contribution is 2.40. The van der Waals surface area contributed by atoms with Crippen molar-refractivity contribution < 1.29 is 19.1 Å². The molecule has 1 N–H and O–H groups in total. The predicted molar refractivity (Wildman–Crippen MR) is 106 cm³/mol. The number of carbonyl (C=O) groups excluding carboxylic acids is 2. The summed E-state index contributed by atoms with van der Waals surface area (Å²) in [6, 6.07) is 8.01. The van der Waals surface area contributed by atoms with Crippen LogP contribution in [0.3, 0.4) is 0 Å². The van der Waals surface area contributed by atoms with Crippen LogP contribution in [0.5, 0.6) is 0 Å². The molecule has 0 spiro atoms. The molecule has 0 saturated carbocycles. The minimum Gasteiger partial charge on any atom is -0.507 e. The maximum atomic E-state index is 14.7. The molecule has 3 aromatic rings. The molecule has 152 valence electrons. The van der Waals surface area contributed by atoms with Crippen molar-refractivity contribution >= 4 is 17.4 Å². The standard InChI is InChI=1S/C22H19FN4O3/c23-17-5-2-1-4-16(17)19-18(20(28)15-6-8-24-9-7-15)21(29)22(30)27(19)12-3-11-26-13-10-25-14-26/h1-2,4-10,13-14,19,28H,3,11-12H2/b20-18+. The molecule has 1 unspecified atom stereocenters. The van der Waals surface area contributed by atoms with Gasteiger partial charge in [0.05, 0.1) is 17.9 Å². The highest BCUT2D eigenvalue weighted by Gasteiger charge is 2.46. The van der Waals surface area contributed by atoms with E-state index in [1.807, 2.05) is 4.57 Å². The number of hydrogen-bond acceptors (Lipinski definition) is 5. The molecule has 0 bridgehead atoms. The van der Waals surface area contributed by atoms with Gasteiger partial charge in [0.2, 0.25) is 0 Å². The Labute approximate surface area is 172 Å². The molecule has 30 heavy (non-hydrogen) atoms. The number of aryl methyl sites for hydroxylation is 1. The fraction of sp³-hybridized carbons (Fsp3) is 0.182. The van der Waals surface area contributed by atoms with Gasteiger partial charge < -0.3 is 14.6 Å². The van der Waals surface area contributed by atoms with Crippen molar-refractivity contribution in [1.82, 2.24) is 19.4 Å². The van der Waals surface area contributed by atoms with Crippen molar-refractivity contribution in [2.45, 2.75) is 19.0 Å². The molecule has 1 fully saturated rings. The number of aromatic nitrogens is 3. The molecular formula is C22H19FN4O3. The summed E-state index contributed by atoms with van der Waals surface area (Å²) in [6.07, 6.45) is 8.57. The molecule has 4 rings (SSSR count). The van der Waals surface area contributed by atoms with Crippen LogP contribution >= 0.6 is 0 Å². The van der Waals surface area contributed by atoms with Gasteiger partial charge in [-0.2, -0.15) is 0 Å². The Hall–Kier alpha value is -3.81. The summed E-state index contributed by atoms with van der Waals surface area (Å²) >= 11 is 0. The van der Waals surface area contributed by atoms with Crippen LogP contribution in [0.25, 0.3) is 5.76 Å². The van der Waals surface area contributed by atoms with Crippen LogP contribution in [0, 0.1) is 5.82 Å². The fourth-order valence-corrected chi connectivity index (χ4v) is 3.64. The first-order chi connectivity index (χ1) is 14.6. The normalized spacial score (nSPS) is 18.2. The SMILES string of the molecule is O=C1C(=O)N(CCCn2ccnc2)C(c2ccccc2F)/C1=C(\O)c1ccncc1. The van der Waals surface area contributed by atoms with Crippen molar-refractivity contribution in [2.75, 3.05) is 6.54 Å². The Morgan fingerprint density at radius 3 is 2.50 bits per heavy atom. The third-order valence-corrected chi connectivity index (χ3v) is 5.07. The van der Waals surface area contributed by atoms with E-state index in [0.717, 1.165) is 0 Å². The Morgan fingerprint density at radius 1 is 1.03 bits per heavy atom. The fourth-order valence-electron chi connectivity index (χ4n) is 3.64. The van der Waals surface area contributed by atoms with E-state index in [9.17, 15) is 19.1 Å². The van der Waals surface area contributed by atoms with Gasteiger partial charge >= 0.3 is 0 Å². The molecule has 0 aliphatic carbocycles. The maximum Gasteiger partial charge on any atom is 0.295 e. The molecule has 1 saturated heterocycles. The zero-order valence-electron chi connectivity index (χ0n) is 16.0. The number of carbonyl (C=O) groups is 2. The van der Waals surface area contributed by atoms with E-state index < -0.39 is 23.5 Å². The van der Waals surface area contributed by atoms with Crippen LogP contribution in [0.1, 0.15) is 23.6 Å². The van der Waals surface area contributed by atoms with Crippen LogP contribution in [-0.4, -0.2) is 42.8 Å². The van der Waals surface area contributed by atoms with Gasteiger partial charge in [-0.3, -0.25) is 14.6 Å². The van der Waals surface area contributed by atoms with Crippen molar-refractivity contribution in [2.24, 2.45) is 0 Å². The zero-order chi connectivity index (χ0) is 21.1. The minimum absolute atomic E-state index is 0.126. The average molecular weight is 406 g/mol. The summed E-state index contributed by atoms with van der Waals surface area (Å²) in [5.74, 6) is -2.49. The minimum atomic E-state index is -1.01. The molecule has 1 aliphatic rings. The third-order valence-electron chi connectivity index (χ3n) is 5.07. The van der Waals surface area contributed by atoms with Crippen molar-refractivity contribution in [3.05, 3.63) is 90.0 Å². The first-order valence-corrected chi connectivity index (χ1v) is 9.47. The number of ketones is 1. The summed E-state index contributed by atoms with van der Waals surface area (Å²) in [6.45, 7) is 0.798. The molecule has 1 aromatic carbocycles. The maximum absolute atomic E-state index is 14.7. The number of rotatable bonds is 6. The Morgan fingerprint density at radius 2 is 1.80 bits per heavy atom. The monoisotopic (exact) mass is 406 g/mol. The molecule has 1 aliphatic heterocycles. The number of Topliss-reactive ketones (excluding diaryl/α,β-unsaturated/α-hetero) is 1. The molecule has 7 nitrogen and oxygen atoms in total. The second kappa shape index (κ2) is 8.28. The number of imidazole rings is 1. The largest absolute Gasteiger partial charge is 0.507 e. The lowest BCUT2D eigenvalue weighted by atomic mass is 9.95. The predicted octanol–water partition coefficient (Wildman–Crippen LogP) is 2.93. The van der Waals surface area contributed by atoms with Crippen LogP contribution in [-0.2, 0) is 16.1 Å². The zero-order valence-corrected chi connectivity index (χ0v) is 16.0. The van der Waals surface area contributed by atoms with Gasteiger partial charge in [0.1, 0.15) is 11.6 Å². The highest BCUT2D eigenvalue weighted by atomic mass is 19.1. The smallest absolute Gasteiger partial charge is 0.295 e. The molecule has 8 heteroatoms. The van der Waals surface area contributed by atoms with Gasteiger partial charge in [-0.25, -0.2) is 9.37 Å². The summed E-state index contributed by atoms with van der Waals surface area (Å²) < 4.78 is 16.5. The van der Waals surface area contributed by atoms with E-state index >= 15 is 0 Å². The number of nitrogens with zero attached hydrogens (tertiary/aromatic N) is 4. The third kappa shape index (κ3) is 3.59. The van der Waals surface area contributed by atoms with Crippen LogP contribution in [0.2, 0.25) is 0 Å². The van der Waals surface area contributed by atoms with Crippen LogP contribution < -0.4 is 0 Å². The topological polar surface area (TPSA) is 88.3 Å². The summed E-state index contributed by atoms with van der Waals surface area (Å²) in [4.78, 5) is 34.9. The van der Waals surface area contributed by atoms with E-state index in [2.05, 4.69) is 9.97 Å². The second-order valence-electron chi connectivity index (χ2n) is 6.90. The van der Waals surface area contributed by atoms with Gasteiger partial charge in [-0.15, -0.1) is 0 Å². The van der Waals surface area contributed by atoms with E-state index in [4.69, 9.17) is 0 Å². The number of likely N-dealkylation sites (tertiary alicyclic amines) is 1. The molecule has 0 radical (unpaired) electrons. The summed E-state index contributed by atoms with van der Waals surface area (Å²) in [5, 5.41) is 10.8. The van der Waals surface area contributed by atoms with Gasteiger partial charge in [-0.1, -0.05) is 18.2 Å².